The SMILES string of the molecule is CC[C@H](c1ccc(Cl)c(F)c1)N1CCNCC1.Cl. The third-order valence-corrected chi connectivity index (χ3v) is 3.61. The number of nitrogens with one attached hydrogen (secondary N) is 1. The first-order valence-corrected chi connectivity index (χ1v) is 6.50. The van der Waals surface area contributed by atoms with Gasteiger partial charge in [-0.3, -0.25) is 4.90 Å². The molecule has 102 valence electrons. The minimum Gasteiger partial charge on any atom is -0.314 e. The molecule has 1 aromatic carbocycles. The molecule has 2 rings (SSSR count). The Morgan fingerprint density at radius 3 is 2.61 bits per heavy atom. The van der Waals surface area contributed by atoms with E-state index >= 15 is 0 Å². The third kappa shape index (κ3) is 3.58. The fourth-order valence-corrected chi connectivity index (χ4v) is 2.54. The first-order valence-electron chi connectivity index (χ1n) is 6.12. The molecule has 0 amide bonds. The Balaban J connectivity index is 0.00000162. The molecule has 1 saturated heterocycles. The van der Waals surface area contributed by atoms with Gasteiger partial charge in [-0.05, 0) is 24.1 Å². The van der Waals surface area contributed by atoms with Crippen LogP contribution in [0.1, 0.15) is 24.9 Å². The summed E-state index contributed by atoms with van der Waals surface area (Å²) in [7, 11) is 0. The van der Waals surface area contributed by atoms with Gasteiger partial charge in [-0.15, -0.1) is 12.4 Å². The number of hydrogen-bond donors (Lipinski definition) is 1. The number of piperazine rings is 1. The van der Waals surface area contributed by atoms with Gasteiger partial charge in [-0.2, -0.15) is 0 Å². The molecule has 18 heavy (non-hydrogen) atoms. The summed E-state index contributed by atoms with van der Waals surface area (Å²) in [6.07, 6.45) is 0.987. The molecule has 0 aromatic heterocycles. The predicted octanol–water partition coefficient (Wildman–Crippen LogP) is 3.26. The predicted molar refractivity (Wildman–Crippen MR) is 76.1 cm³/mol. The Kier molecular flexibility index (Phi) is 6.36. The van der Waals surface area contributed by atoms with Gasteiger partial charge in [0.1, 0.15) is 5.82 Å². The zero-order chi connectivity index (χ0) is 12.3. The zero-order valence-corrected chi connectivity index (χ0v) is 12.0. The zero-order valence-electron chi connectivity index (χ0n) is 10.5. The van der Waals surface area contributed by atoms with E-state index < -0.39 is 0 Å². The van der Waals surface area contributed by atoms with E-state index in [0.717, 1.165) is 38.2 Å². The van der Waals surface area contributed by atoms with Crippen LogP contribution in [-0.4, -0.2) is 31.1 Å². The van der Waals surface area contributed by atoms with E-state index in [1.54, 1.807) is 12.1 Å². The van der Waals surface area contributed by atoms with Gasteiger partial charge >= 0.3 is 0 Å². The first-order chi connectivity index (χ1) is 8.22. The molecule has 1 heterocycles. The van der Waals surface area contributed by atoms with E-state index in [0.29, 0.717) is 6.04 Å². The van der Waals surface area contributed by atoms with E-state index in [9.17, 15) is 4.39 Å². The molecule has 1 aliphatic heterocycles. The molecule has 0 saturated carbocycles. The maximum absolute atomic E-state index is 13.5. The van der Waals surface area contributed by atoms with E-state index in [1.165, 1.54) is 0 Å². The highest BCUT2D eigenvalue weighted by molar-refractivity contribution is 6.30. The number of benzene rings is 1. The van der Waals surface area contributed by atoms with Crippen LogP contribution in [0.3, 0.4) is 0 Å². The Hall–Kier alpha value is -0.350. The number of halogens is 3. The highest BCUT2D eigenvalue weighted by atomic mass is 35.5. The van der Waals surface area contributed by atoms with Crippen molar-refractivity contribution >= 4 is 24.0 Å². The summed E-state index contributed by atoms with van der Waals surface area (Å²) in [5, 5.41) is 3.53. The second kappa shape index (κ2) is 7.29. The minimum absolute atomic E-state index is 0. The Morgan fingerprint density at radius 1 is 1.39 bits per heavy atom. The molecule has 0 radical (unpaired) electrons. The average Bonchev–Trinajstić information content (AvgIpc) is 2.36. The van der Waals surface area contributed by atoms with Crippen LogP contribution in [0.4, 0.5) is 4.39 Å². The van der Waals surface area contributed by atoms with Crippen LogP contribution in [-0.2, 0) is 0 Å². The van der Waals surface area contributed by atoms with E-state index in [1.807, 2.05) is 6.07 Å². The quantitative estimate of drug-likeness (QED) is 0.920. The Labute approximate surface area is 119 Å². The molecular weight excluding hydrogens is 274 g/mol. The lowest BCUT2D eigenvalue weighted by molar-refractivity contribution is 0.169. The van der Waals surface area contributed by atoms with Gasteiger partial charge in [0.15, 0.2) is 0 Å². The molecule has 1 N–H and O–H groups in total. The molecule has 1 aromatic rings. The minimum atomic E-state index is -0.322. The van der Waals surface area contributed by atoms with Crippen molar-refractivity contribution in [3.63, 3.8) is 0 Å². The van der Waals surface area contributed by atoms with E-state index in [2.05, 4.69) is 17.1 Å². The molecule has 1 atom stereocenters. The average molecular weight is 293 g/mol. The molecule has 0 bridgehead atoms. The fourth-order valence-electron chi connectivity index (χ4n) is 2.42. The van der Waals surface area contributed by atoms with Gasteiger partial charge in [0, 0.05) is 32.2 Å². The maximum atomic E-state index is 13.5. The van der Waals surface area contributed by atoms with Crippen LogP contribution in [0.2, 0.25) is 5.02 Å². The molecular formula is C13H19Cl2FN2. The van der Waals surface area contributed by atoms with Crippen LogP contribution >= 0.6 is 24.0 Å². The van der Waals surface area contributed by atoms with E-state index in [4.69, 9.17) is 11.6 Å². The second-order valence-corrected chi connectivity index (χ2v) is 4.79. The van der Waals surface area contributed by atoms with Gasteiger partial charge in [0.05, 0.1) is 5.02 Å². The highest BCUT2D eigenvalue weighted by Gasteiger charge is 2.21. The molecule has 5 heteroatoms. The summed E-state index contributed by atoms with van der Waals surface area (Å²) in [5.74, 6) is -0.322. The summed E-state index contributed by atoms with van der Waals surface area (Å²) in [4.78, 5) is 2.40. The van der Waals surface area contributed by atoms with Crippen LogP contribution in [0, 0.1) is 5.82 Å². The summed E-state index contributed by atoms with van der Waals surface area (Å²) < 4.78 is 13.5. The van der Waals surface area contributed by atoms with Gasteiger partial charge in [-0.25, -0.2) is 4.39 Å². The summed E-state index contributed by atoms with van der Waals surface area (Å²) >= 11 is 5.72. The van der Waals surface area contributed by atoms with Crippen molar-refractivity contribution in [3.8, 4) is 0 Å². The van der Waals surface area contributed by atoms with Gasteiger partial charge in [0.25, 0.3) is 0 Å². The lowest BCUT2D eigenvalue weighted by Gasteiger charge is -2.34. The number of rotatable bonds is 3. The van der Waals surface area contributed by atoms with Crippen LogP contribution in [0.15, 0.2) is 18.2 Å². The van der Waals surface area contributed by atoms with Crippen molar-refractivity contribution in [2.45, 2.75) is 19.4 Å². The van der Waals surface area contributed by atoms with Crippen LogP contribution in [0.5, 0.6) is 0 Å². The van der Waals surface area contributed by atoms with Crippen molar-refractivity contribution in [2.75, 3.05) is 26.2 Å². The molecule has 1 fully saturated rings. The van der Waals surface area contributed by atoms with Crippen molar-refractivity contribution < 1.29 is 4.39 Å². The van der Waals surface area contributed by atoms with Crippen LogP contribution in [0.25, 0.3) is 0 Å². The van der Waals surface area contributed by atoms with Gasteiger partial charge in [-0.1, -0.05) is 24.6 Å². The Bertz CT molecular complexity index is 381. The number of hydrogen-bond acceptors (Lipinski definition) is 2. The Morgan fingerprint density at radius 2 is 2.06 bits per heavy atom. The first kappa shape index (κ1) is 15.7. The standard InChI is InChI=1S/C13H18ClFN2.ClH/c1-2-13(17-7-5-16-6-8-17)10-3-4-11(14)12(15)9-10;/h3-4,9,13,16H,2,5-8H2,1H3;1H/t13-;/m1./s1. The van der Waals surface area contributed by atoms with E-state index in [-0.39, 0.29) is 23.2 Å². The highest BCUT2D eigenvalue weighted by Crippen LogP contribution is 2.27. The molecule has 2 nitrogen and oxygen atoms in total. The van der Waals surface area contributed by atoms with Crippen LogP contribution < -0.4 is 5.32 Å². The fraction of sp³-hybridized carbons (Fsp3) is 0.538. The summed E-state index contributed by atoms with van der Waals surface area (Å²) in [6, 6.07) is 5.45. The molecule has 0 unspecified atom stereocenters. The summed E-state index contributed by atoms with van der Waals surface area (Å²) in [5.41, 5.74) is 1.02. The lowest BCUT2D eigenvalue weighted by atomic mass is 10.0. The molecule has 1 aliphatic rings. The monoisotopic (exact) mass is 292 g/mol. The van der Waals surface area contributed by atoms with Crippen molar-refractivity contribution in [3.05, 3.63) is 34.6 Å². The topological polar surface area (TPSA) is 15.3 Å². The normalized spacial score (nSPS) is 18.2. The van der Waals surface area contributed by atoms with Crippen molar-refractivity contribution in [2.24, 2.45) is 0 Å². The third-order valence-electron chi connectivity index (χ3n) is 3.31. The molecule has 0 aliphatic carbocycles. The van der Waals surface area contributed by atoms with Crippen molar-refractivity contribution in [1.82, 2.24) is 10.2 Å². The van der Waals surface area contributed by atoms with Gasteiger partial charge in [0.2, 0.25) is 0 Å². The smallest absolute Gasteiger partial charge is 0.142 e. The molecule has 0 spiro atoms. The number of nitrogens with zero attached hydrogens (tertiary/aromatic N) is 1. The second-order valence-electron chi connectivity index (χ2n) is 4.38. The summed E-state index contributed by atoms with van der Waals surface area (Å²) in [6.45, 7) is 6.18. The lowest BCUT2D eigenvalue weighted by Crippen LogP contribution is -2.45. The van der Waals surface area contributed by atoms with Crippen molar-refractivity contribution in [1.29, 1.82) is 0 Å². The van der Waals surface area contributed by atoms with Gasteiger partial charge < -0.3 is 5.32 Å². The largest absolute Gasteiger partial charge is 0.314 e. The maximum Gasteiger partial charge on any atom is 0.142 e.